The molecule has 2 nitrogen and oxygen atoms in total. The van der Waals surface area contributed by atoms with Gasteiger partial charge in [-0.3, -0.25) is 0 Å². The van der Waals surface area contributed by atoms with Crippen molar-refractivity contribution in [3.63, 3.8) is 0 Å². The van der Waals surface area contributed by atoms with Gasteiger partial charge in [0.05, 0.1) is 0 Å². The van der Waals surface area contributed by atoms with E-state index in [2.05, 4.69) is 112 Å². The van der Waals surface area contributed by atoms with E-state index in [9.17, 15) is 0 Å². The van der Waals surface area contributed by atoms with Crippen molar-refractivity contribution >= 4 is 21.7 Å². The van der Waals surface area contributed by atoms with E-state index < -0.39 is 0 Å². The molecule has 2 heteroatoms. The molecule has 0 saturated carbocycles. The maximum absolute atomic E-state index is 5.10. The Labute approximate surface area is 184 Å². The predicted molar refractivity (Wildman–Crippen MR) is 129 cm³/mol. The average Bonchev–Trinajstić information content (AvgIpc) is 3.17. The van der Waals surface area contributed by atoms with Gasteiger partial charge >= 0.3 is 5.49 Å². The van der Waals surface area contributed by atoms with Gasteiger partial charge in [0.1, 0.15) is 11.7 Å². The van der Waals surface area contributed by atoms with Crippen molar-refractivity contribution in [2.24, 2.45) is 10.9 Å². The Bertz CT molecular complexity index is 1420. The van der Waals surface area contributed by atoms with Crippen LogP contribution < -0.4 is 9.73 Å². The number of nitrogens with zero attached hydrogens (tertiary/aromatic N) is 2. The quantitative estimate of drug-likeness (QED) is 0.362. The average molecular weight is 408 g/mol. The maximum atomic E-state index is 5.10. The summed E-state index contributed by atoms with van der Waals surface area (Å²) in [5, 5.41) is 3.89. The van der Waals surface area contributed by atoms with Crippen LogP contribution in [-0.4, -0.2) is 0 Å². The number of aromatic nitrogens is 1. The molecule has 1 unspecified atom stereocenters. The van der Waals surface area contributed by atoms with Crippen LogP contribution in [0.4, 0.5) is 0 Å². The number of rotatable bonds is 3. The number of pyridine rings is 1. The summed E-state index contributed by atoms with van der Waals surface area (Å²) >= 11 is 0. The molecule has 0 spiro atoms. The number of hydrogen-bond donors (Lipinski definition) is 0. The van der Waals surface area contributed by atoms with Crippen LogP contribution >= 0.6 is 0 Å². The first-order chi connectivity index (χ1) is 14.8. The zero-order chi connectivity index (χ0) is 21.8. The molecule has 4 aromatic rings. The third-order valence-corrected chi connectivity index (χ3v) is 6.25. The molecule has 1 aromatic heterocycles. The topological polar surface area (TPSA) is 18.3 Å². The van der Waals surface area contributed by atoms with Crippen LogP contribution in [0.25, 0.3) is 21.7 Å². The van der Waals surface area contributed by atoms with E-state index >= 15 is 0 Å². The minimum atomic E-state index is 0.0325. The van der Waals surface area contributed by atoms with Gasteiger partial charge in [0, 0.05) is 17.0 Å². The second kappa shape index (κ2) is 7.30. The van der Waals surface area contributed by atoms with Crippen molar-refractivity contribution in [2.45, 2.75) is 52.5 Å². The van der Waals surface area contributed by atoms with E-state index in [1.807, 2.05) is 0 Å². The van der Waals surface area contributed by atoms with Crippen LogP contribution in [0.3, 0.4) is 0 Å². The van der Waals surface area contributed by atoms with Crippen molar-refractivity contribution in [1.82, 2.24) is 0 Å². The van der Waals surface area contributed by atoms with Gasteiger partial charge in [0.25, 0.3) is 0 Å². The summed E-state index contributed by atoms with van der Waals surface area (Å²) in [5.74, 6) is 0.647. The van der Waals surface area contributed by atoms with Crippen LogP contribution in [0.5, 0.6) is 0 Å². The van der Waals surface area contributed by atoms with Crippen LogP contribution in [0.15, 0.2) is 71.7 Å². The summed E-state index contributed by atoms with van der Waals surface area (Å²) in [6, 6.07) is 24.6. The molecule has 0 aliphatic carbocycles. The van der Waals surface area contributed by atoms with Crippen molar-refractivity contribution < 1.29 is 4.24 Å². The zero-order valence-electron chi connectivity index (χ0n) is 19.2. The molecule has 1 aliphatic rings. The van der Waals surface area contributed by atoms with Crippen molar-refractivity contribution in [1.29, 1.82) is 0 Å². The predicted octanol–water partition coefficient (Wildman–Crippen LogP) is 6.16. The normalized spacial score (nSPS) is 15.9. The maximum Gasteiger partial charge on any atom is 0.323 e. The summed E-state index contributed by atoms with van der Waals surface area (Å²) in [6.07, 6.45) is 3.38. The standard InChI is InChI=1S/C29H31N2/c1-19(2)14-20-10-11-21-12-13-28-30-26(18-31(28)27(21)15-20)23-16-22-8-6-7-9-24(22)25(17-23)29(3,4)5/h6-13,15-19,26H,14H2,1-5H3/q+1. The van der Waals surface area contributed by atoms with Gasteiger partial charge in [-0.15, -0.1) is 0 Å². The minimum absolute atomic E-state index is 0.0325. The van der Waals surface area contributed by atoms with E-state index in [1.54, 1.807) is 0 Å². The largest absolute Gasteiger partial charge is 0.323 e. The Morgan fingerprint density at radius 3 is 2.45 bits per heavy atom. The molecule has 1 aliphatic heterocycles. The van der Waals surface area contributed by atoms with E-state index in [-0.39, 0.29) is 11.5 Å². The summed E-state index contributed by atoms with van der Waals surface area (Å²) in [6.45, 7) is 11.4. The molecule has 0 bridgehead atoms. The molecule has 156 valence electrons. The first-order valence-electron chi connectivity index (χ1n) is 11.4. The van der Waals surface area contributed by atoms with Gasteiger partial charge in [-0.05, 0) is 63.9 Å². The number of hydrogen-bond acceptors (Lipinski definition) is 1. The van der Waals surface area contributed by atoms with E-state index in [0.717, 1.165) is 11.9 Å². The highest BCUT2D eigenvalue weighted by Gasteiger charge is 2.26. The summed E-state index contributed by atoms with van der Waals surface area (Å²) in [7, 11) is 0. The first kappa shape index (κ1) is 19.9. The Morgan fingerprint density at radius 2 is 1.68 bits per heavy atom. The van der Waals surface area contributed by atoms with E-state index in [4.69, 9.17) is 4.99 Å². The molecule has 0 fully saturated rings. The fraction of sp³-hybridized carbons (Fsp3) is 0.310. The monoisotopic (exact) mass is 407 g/mol. The molecular weight excluding hydrogens is 376 g/mol. The Balaban J connectivity index is 1.68. The lowest BCUT2D eigenvalue weighted by molar-refractivity contribution is -0.493. The summed E-state index contributed by atoms with van der Waals surface area (Å²) in [5.41, 5.74) is 6.39. The zero-order valence-corrected chi connectivity index (χ0v) is 19.2. The van der Waals surface area contributed by atoms with Crippen LogP contribution in [0, 0.1) is 12.1 Å². The molecule has 0 amide bonds. The van der Waals surface area contributed by atoms with Gasteiger partial charge in [0.15, 0.2) is 0 Å². The highest BCUT2D eigenvalue weighted by Crippen LogP contribution is 2.34. The second-order valence-corrected chi connectivity index (χ2v) is 10.3. The fourth-order valence-corrected chi connectivity index (χ4v) is 4.77. The van der Waals surface area contributed by atoms with Crippen molar-refractivity contribution in [2.75, 3.05) is 0 Å². The van der Waals surface area contributed by atoms with Crippen LogP contribution in [0.2, 0.25) is 0 Å². The van der Waals surface area contributed by atoms with Gasteiger partial charge in [-0.25, -0.2) is 0 Å². The first-order valence-corrected chi connectivity index (χ1v) is 11.4. The van der Waals surface area contributed by atoms with Gasteiger partial charge in [-0.2, -0.15) is 4.24 Å². The van der Waals surface area contributed by atoms with Gasteiger partial charge < -0.3 is 0 Å². The van der Waals surface area contributed by atoms with Crippen LogP contribution in [0.1, 0.15) is 57.4 Å². The lowest BCUT2D eigenvalue weighted by Crippen LogP contribution is -2.34. The SMILES string of the molecule is CC(C)Cc1ccc2ccc3[n+](c2c1)=CC(c1cc(C(C)(C)C)c2ccccc2c1)N=3. The summed E-state index contributed by atoms with van der Waals surface area (Å²) < 4.78 is 2.29. The molecule has 3 aromatic carbocycles. The lowest BCUT2D eigenvalue weighted by atomic mass is 9.82. The smallest absolute Gasteiger partial charge is 0.195 e. The van der Waals surface area contributed by atoms with E-state index in [0.29, 0.717) is 5.92 Å². The molecular formula is C29H31N2+. The van der Waals surface area contributed by atoms with Crippen molar-refractivity contribution in [3.8, 4) is 0 Å². The third-order valence-electron chi connectivity index (χ3n) is 6.25. The highest BCUT2D eigenvalue weighted by atomic mass is 15.0. The molecule has 0 N–H and O–H groups in total. The molecule has 0 radical (unpaired) electrons. The second-order valence-electron chi connectivity index (χ2n) is 10.3. The van der Waals surface area contributed by atoms with E-state index in [1.165, 1.54) is 38.4 Å². The Hall–Kier alpha value is -3.00. The molecule has 5 rings (SSSR count). The molecule has 1 atom stereocenters. The molecule has 31 heavy (non-hydrogen) atoms. The number of fused-ring (bicyclic) bond motifs is 4. The van der Waals surface area contributed by atoms with Crippen molar-refractivity contribution in [3.05, 3.63) is 95.1 Å². The fourth-order valence-electron chi connectivity index (χ4n) is 4.77. The Kier molecular flexibility index (Phi) is 4.69. The minimum Gasteiger partial charge on any atom is -0.195 e. The molecule has 2 heterocycles. The number of benzene rings is 3. The highest BCUT2D eigenvalue weighted by molar-refractivity contribution is 5.87. The third kappa shape index (κ3) is 3.65. The van der Waals surface area contributed by atoms with Gasteiger partial charge in [-0.1, -0.05) is 76.0 Å². The lowest BCUT2D eigenvalue weighted by Gasteiger charge is -2.22. The van der Waals surface area contributed by atoms with Gasteiger partial charge in [0.2, 0.25) is 6.04 Å². The Morgan fingerprint density at radius 1 is 0.903 bits per heavy atom. The molecule has 0 saturated heterocycles. The summed E-state index contributed by atoms with van der Waals surface area (Å²) in [4.78, 5) is 5.10. The van der Waals surface area contributed by atoms with Crippen LogP contribution in [-0.2, 0) is 11.8 Å².